The fraction of sp³-hybridized carbons (Fsp3) is 0.857. The molecule has 1 fully saturated rings. The summed E-state index contributed by atoms with van der Waals surface area (Å²) < 4.78 is 4.96. The highest BCUT2D eigenvalue weighted by molar-refractivity contribution is 5.78. The summed E-state index contributed by atoms with van der Waals surface area (Å²) in [4.78, 5) is 12.8. The zero-order chi connectivity index (χ0) is 8.27. The van der Waals surface area contributed by atoms with Gasteiger partial charge in [-0.3, -0.25) is 4.79 Å². The number of rotatable bonds is 2. The molecule has 1 atom stereocenters. The molecule has 1 aliphatic rings. The van der Waals surface area contributed by atoms with Crippen molar-refractivity contribution in [1.82, 2.24) is 4.90 Å². The third-order valence-corrected chi connectivity index (χ3v) is 1.59. The molecule has 64 valence electrons. The maximum absolute atomic E-state index is 11.1. The van der Waals surface area contributed by atoms with Crippen LogP contribution in [0.5, 0.6) is 0 Å². The van der Waals surface area contributed by atoms with E-state index in [2.05, 4.69) is 0 Å². The van der Waals surface area contributed by atoms with E-state index in [1.807, 2.05) is 6.92 Å². The largest absolute Gasteiger partial charge is 0.370 e. The average Bonchev–Trinajstić information content (AvgIpc) is 1.93. The van der Waals surface area contributed by atoms with Crippen molar-refractivity contribution < 1.29 is 9.53 Å². The van der Waals surface area contributed by atoms with Gasteiger partial charge >= 0.3 is 0 Å². The number of nitrogens with two attached hydrogens (primary N) is 1. The van der Waals surface area contributed by atoms with Crippen LogP contribution < -0.4 is 5.73 Å². The second-order valence-electron chi connectivity index (χ2n) is 2.87. The summed E-state index contributed by atoms with van der Waals surface area (Å²) in [5.41, 5.74) is 5.55. The molecule has 1 saturated heterocycles. The number of hydrogen-bond donors (Lipinski definition) is 1. The number of carbonyl (C=O) groups is 1. The molecular formula is C7H14N2O2. The van der Waals surface area contributed by atoms with Gasteiger partial charge in [0, 0.05) is 19.1 Å². The number of carbonyl (C=O) groups excluding carboxylic acids is 1. The fourth-order valence-corrected chi connectivity index (χ4v) is 1.09. The van der Waals surface area contributed by atoms with Crippen LogP contribution in [0.15, 0.2) is 0 Å². The standard InChI is InChI=1S/C7H14N2O2/c1-6(8)4-9-2-3-11-5-7(9)10/h6H,2-5,8H2,1H3/t6-/m0/s1. The zero-order valence-electron chi connectivity index (χ0n) is 6.75. The third kappa shape index (κ3) is 2.48. The first kappa shape index (κ1) is 8.49. The highest BCUT2D eigenvalue weighted by Crippen LogP contribution is 1.98. The summed E-state index contributed by atoms with van der Waals surface area (Å²) in [5, 5.41) is 0. The van der Waals surface area contributed by atoms with Crippen LogP contribution >= 0.6 is 0 Å². The molecule has 1 rings (SSSR count). The van der Waals surface area contributed by atoms with Gasteiger partial charge in [-0.25, -0.2) is 0 Å². The molecule has 0 aromatic heterocycles. The fourth-order valence-electron chi connectivity index (χ4n) is 1.09. The number of ether oxygens (including phenoxy) is 1. The van der Waals surface area contributed by atoms with Crippen LogP contribution in [0.25, 0.3) is 0 Å². The molecule has 2 N–H and O–H groups in total. The summed E-state index contributed by atoms with van der Waals surface area (Å²) in [5.74, 6) is 0.0496. The van der Waals surface area contributed by atoms with Gasteiger partial charge in [-0.2, -0.15) is 0 Å². The quantitative estimate of drug-likeness (QED) is 0.572. The van der Waals surface area contributed by atoms with Crippen LogP contribution in [0, 0.1) is 0 Å². The lowest BCUT2D eigenvalue weighted by atomic mass is 10.3. The Kier molecular flexibility index (Phi) is 2.84. The Bertz CT molecular complexity index is 147. The Hall–Kier alpha value is -0.610. The van der Waals surface area contributed by atoms with E-state index in [4.69, 9.17) is 10.5 Å². The van der Waals surface area contributed by atoms with Gasteiger partial charge in [0.15, 0.2) is 0 Å². The van der Waals surface area contributed by atoms with Gasteiger partial charge in [-0.15, -0.1) is 0 Å². The minimum absolute atomic E-state index is 0.0496. The summed E-state index contributed by atoms with van der Waals surface area (Å²) in [7, 11) is 0. The molecule has 0 bridgehead atoms. The molecule has 11 heavy (non-hydrogen) atoms. The molecule has 0 aliphatic carbocycles. The Labute approximate surface area is 66.3 Å². The first-order valence-corrected chi connectivity index (χ1v) is 3.81. The van der Waals surface area contributed by atoms with Gasteiger partial charge in [0.1, 0.15) is 6.61 Å². The summed E-state index contributed by atoms with van der Waals surface area (Å²) in [6, 6.07) is 0.0528. The van der Waals surface area contributed by atoms with Gasteiger partial charge < -0.3 is 15.4 Å². The molecule has 4 nitrogen and oxygen atoms in total. The molecule has 0 aromatic carbocycles. The molecule has 1 aliphatic heterocycles. The Morgan fingerprint density at radius 2 is 2.55 bits per heavy atom. The number of nitrogens with zero attached hydrogens (tertiary/aromatic N) is 1. The first-order chi connectivity index (χ1) is 5.20. The highest BCUT2D eigenvalue weighted by atomic mass is 16.5. The van der Waals surface area contributed by atoms with Gasteiger partial charge in [-0.1, -0.05) is 0 Å². The Morgan fingerprint density at radius 1 is 1.82 bits per heavy atom. The van der Waals surface area contributed by atoms with Crippen molar-refractivity contribution in [3.05, 3.63) is 0 Å². The van der Waals surface area contributed by atoms with Crippen LogP contribution in [0.3, 0.4) is 0 Å². The maximum atomic E-state index is 11.1. The molecule has 0 unspecified atom stereocenters. The third-order valence-electron chi connectivity index (χ3n) is 1.59. The van der Waals surface area contributed by atoms with E-state index >= 15 is 0 Å². The highest BCUT2D eigenvalue weighted by Gasteiger charge is 2.18. The Balaban J connectivity index is 2.36. The maximum Gasteiger partial charge on any atom is 0.248 e. The number of hydrogen-bond acceptors (Lipinski definition) is 3. The van der Waals surface area contributed by atoms with Crippen molar-refractivity contribution in [3.8, 4) is 0 Å². The van der Waals surface area contributed by atoms with Crippen LogP contribution in [0.4, 0.5) is 0 Å². The molecule has 0 spiro atoms. The van der Waals surface area contributed by atoms with Gasteiger partial charge in [0.2, 0.25) is 5.91 Å². The predicted molar refractivity (Wildman–Crippen MR) is 41.0 cm³/mol. The van der Waals surface area contributed by atoms with E-state index < -0.39 is 0 Å². The minimum Gasteiger partial charge on any atom is -0.370 e. The summed E-state index contributed by atoms with van der Waals surface area (Å²) in [6.07, 6.45) is 0. The van der Waals surface area contributed by atoms with E-state index in [0.717, 1.165) is 0 Å². The number of amides is 1. The van der Waals surface area contributed by atoms with Crippen molar-refractivity contribution in [3.63, 3.8) is 0 Å². The van der Waals surface area contributed by atoms with Crippen molar-refractivity contribution in [2.45, 2.75) is 13.0 Å². The van der Waals surface area contributed by atoms with Crippen molar-refractivity contribution >= 4 is 5.91 Å². The van der Waals surface area contributed by atoms with Crippen molar-refractivity contribution in [2.24, 2.45) is 5.73 Å². The number of morpholine rings is 1. The van der Waals surface area contributed by atoms with Gasteiger partial charge in [0.05, 0.1) is 6.61 Å². The molecule has 0 saturated carbocycles. The van der Waals surface area contributed by atoms with Crippen LogP contribution in [-0.4, -0.2) is 43.2 Å². The van der Waals surface area contributed by atoms with Crippen LogP contribution in [0.2, 0.25) is 0 Å². The molecule has 0 aromatic rings. The monoisotopic (exact) mass is 158 g/mol. The minimum atomic E-state index is 0.0496. The SMILES string of the molecule is C[C@H](N)CN1CCOCC1=O. The predicted octanol–water partition coefficient (Wildman–Crippen LogP) is -0.808. The summed E-state index contributed by atoms with van der Waals surface area (Å²) in [6.45, 7) is 4.07. The zero-order valence-corrected chi connectivity index (χ0v) is 6.75. The molecule has 0 radical (unpaired) electrons. The Morgan fingerprint density at radius 3 is 3.09 bits per heavy atom. The average molecular weight is 158 g/mol. The summed E-state index contributed by atoms with van der Waals surface area (Å²) >= 11 is 0. The van der Waals surface area contributed by atoms with E-state index in [9.17, 15) is 4.79 Å². The smallest absolute Gasteiger partial charge is 0.248 e. The first-order valence-electron chi connectivity index (χ1n) is 3.81. The van der Waals surface area contributed by atoms with Gasteiger partial charge in [0.25, 0.3) is 0 Å². The van der Waals surface area contributed by atoms with E-state index in [1.54, 1.807) is 4.90 Å². The second kappa shape index (κ2) is 3.69. The normalized spacial score (nSPS) is 22.0. The van der Waals surface area contributed by atoms with Gasteiger partial charge in [-0.05, 0) is 6.92 Å². The molecular weight excluding hydrogens is 144 g/mol. The molecule has 4 heteroatoms. The van der Waals surface area contributed by atoms with Crippen LogP contribution in [-0.2, 0) is 9.53 Å². The van der Waals surface area contributed by atoms with E-state index in [1.165, 1.54) is 0 Å². The lowest BCUT2D eigenvalue weighted by Crippen LogP contribution is -2.46. The lowest BCUT2D eigenvalue weighted by Gasteiger charge is -2.27. The topological polar surface area (TPSA) is 55.6 Å². The van der Waals surface area contributed by atoms with Crippen molar-refractivity contribution in [2.75, 3.05) is 26.3 Å². The molecule has 1 heterocycles. The van der Waals surface area contributed by atoms with Crippen molar-refractivity contribution in [1.29, 1.82) is 0 Å². The van der Waals surface area contributed by atoms with E-state index in [0.29, 0.717) is 19.7 Å². The molecule has 1 amide bonds. The lowest BCUT2D eigenvalue weighted by molar-refractivity contribution is -0.142. The van der Waals surface area contributed by atoms with Crippen LogP contribution in [0.1, 0.15) is 6.92 Å². The second-order valence-corrected chi connectivity index (χ2v) is 2.87. The van der Waals surface area contributed by atoms with E-state index in [-0.39, 0.29) is 18.6 Å².